The minimum Gasteiger partial charge on any atom is -0.481 e. The molecule has 0 spiro atoms. The van der Waals surface area contributed by atoms with Crippen LogP contribution >= 0.6 is 0 Å². The molecule has 0 unspecified atom stereocenters. The van der Waals surface area contributed by atoms with Crippen molar-refractivity contribution in [2.75, 3.05) is 0 Å². The third-order valence-electron chi connectivity index (χ3n) is 4.06. The highest BCUT2D eigenvalue weighted by Gasteiger charge is 2.55. The summed E-state index contributed by atoms with van der Waals surface area (Å²) in [5.41, 5.74) is 0.0503. The molecule has 3 atom stereocenters. The molecule has 2 heteroatoms. The van der Waals surface area contributed by atoms with E-state index in [1.54, 1.807) is 0 Å². The number of hydrogen-bond acceptors (Lipinski definition) is 1. The highest BCUT2D eigenvalue weighted by atomic mass is 16.4. The molecule has 0 aromatic rings. The number of rotatable bonds is 1. The van der Waals surface area contributed by atoms with E-state index in [-0.39, 0.29) is 11.3 Å². The Morgan fingerprint density at radius 1 is 1.42 bits per heavy atom. The van der Waals surface area contributed by atoms with Crippen LogP contribution in [0, 0.1) is 23.2 Å². The fraction of sp³-hybridized carbons (Fsp3) is 0.900. The second kappa shape index (κ2) is 2.24. The number of aliphatic carboxylic acids is 1. The van der Waals surface area contributed by atoms with Crippen molar-refractivity contribution < 1.29 is 9.90 Å². The second-order valence-corrected chi connectivity index (χ2v) is 4.91. The Hall–Kier alpha value is -0.530. The summed E-state index contributed by atoms with van der Waals surface area (Å²) >= 11 is 0. The van der Waals surface area contributed by atoms with E-state index in [4.69, 9.17) is 5.11 Å². The minimum atomic E-state index is -0.577. The molecular formula is C10H16O2. The van der Waals surface area contributed by atoms with Crippen LogP contribution < -0.4 is 0 Å². The molecule has 2 aliphatic carbocycles. The van der Waals surface area contributed by atoms with Crippen LogP contribution in [0.25, 0.3) is 0 Å². The molecule has 0 amide bonds. The standard InChI is InChI=1S/C10H16O2/c1-10(2)7-4-3-6(5-7)8(10)9(11)12/h6-8H,3-5H2,1-2H3,(H,11,12)/t6-,7+,8+/m1/s1. The number of carboxylic acid groups (broad SMARTS) is 1. The molecule has 2 saturated carbocycles. The summed E-state index contributed by atoms with van der Waals surface area (Å²) in [6, 6.07) is 0. The maximum Gasteiger partial charge on any atom is 0.307 e. The van der Waals surface area contributed by atoms with Crippen LogP contribution in [0.3, 0.4) is 0 Å². The Morgan fingerprint density at radius 2 is 2.08 bits per heavy atom. The molecule has 0 heterocycles. The average molecular weight is 168 g/mol. The predicted octanol–water partition coefficient (Wildman–Crippen LogP) is 2.14. The molecule has 2 bridgehead atoms. The molecule has 0 saturated heterocycles. The van der Waals surface area contributed by atoms with Crippen molar-refractivity contribution in [3.05, 3.63) is 0 Å². The number of fused-ring (bicyclic) bond motifs is 2. The number of carboxylic acids is 1. The summed E-state index contributed by atoms with van der Waals surface area (Å²) in [4.78, 5) is 11.0. The lowest BCUT2D eigenvalue weighted by Gasteiger charge is -2.35. The Morgan fingerprint density at radius 3 is 2.42 bits per heavy atom. The molecule has 68 valence electrons. The van der Waals surface area contributed by atoms with Gasteiger partial charge in [0.1, 0.15) is 0 Å². The van der Waals surface area contributed by atoms with Gasteiger partial charge in [-0.05, 0) is 36.5 Å². The van der Waals surface area contributed by atoms with E-state index in [1.165, 1.54) is 6.42 Å². The van der Waals surface area contributed by atoms with Gasteiger partial charge in [0.15, 0.2) is 0 Å². The molecule has 0 aromatic heterocycles. The quantitative estimate of drug-likeness (QED) is 0.651. The maximum atomic E-state index is 11.0. The van der Waals surface area contributed by atoms with Gasteiger partial charge in [0.25, 0.3) is 0 Å². The Balaban J connectivity index is 2.29. The van der Waals surface area contributed by atoms with Crippen LogP contribution in [0.2, 0.25) is 0 Å². The first kappa shape index (κ1) is 8.09. The van der Waals surface area contributed by atoms with Crippen LogP contribution in [-0.2, 0) is 4.79 Å². The summed E-state index contributed by atoms with van der Waals surface area (Å²) in [6.07, 6.45) is 3.55. The van der Waals surface area contributed by atoms with Crippen LogP contribution in [0.5, 0.6) is 0 Å². The lowest BCUT2D eigenvalue weighted by Crippen LogP contribution is -2.36. The Kier molecular flexibility index (Phi) is 1.51. The summed E-state index contributed by atoms with van der Waals surface area (Å²) in [5, 5.41) is 9.07. The van der Waals surface area contributed by atoms with Gasteiger partial charge in [0.05, 0.1) is 5.92 Å². The highest BCUT2D eigenvalue weighted by molar-refractivity contribution is 5.72. The van der Waals surface area contributed by atoms with Gasteiger partial charge >= 0.3 is 5.97 Å². The van der Waals surface area contributed by atoms with Crippen molar-refractivity contribution >= 4 is 5.97 Å². The van der Waals surface area contributed by atoms with Crippen molar-refractivity contribution in [1.82, 2.24) is 0 Å². The second-order valence-electron chi connectivity index (χ2n) is 4.91. The van der Waals surface area contributed by atoms with E-state index < -0.39 is 5.97 Å². The van der Waals surface area contributed by atoms with E-state index in [9.17, 15) is 4.79 Å². The van der Waals surface area contributed by atoms with E-state index in [1.807, 2.05) is 0 Å². The molecule has 2 aliphatic rings. The van der Waals surface area contributed by atoms with Gasteiger partial charge < -0.3 is 5.11 Å². The van der Waals surface area contributed by atoms with Crippen LogP contribution in [0.1, 0.15) is 33.1 Å². The molecule has 2 fully saturated rings. The van der Waals surface area contributed by atoms with Gasteiger partial charge in [0.2, 0.25) is 0 Å². The van der Waals surface area contributed by atoms with Crippen molar-refractivity contribution in [1.29, 1.82) is 0 Å². The summed E-state index contributed by atoms with van der Waals surface area (Å²) in [7, 11) is 0. The molecule has 12 heavy (non-hydrogen) atoms. The average Bonchev–Trinajstić information content (AvgIpc) is 2.41. The Bertz CT molecular complexity index is 220. The van der Waals surface area contributed by atoms with Crippen molar-refractivity contribution in [3.63, 3.8) is 0 Å². The summed E-state index contributed by atoms with van der Waals surface area (Å²) < 4.78 is 0. The van der Waals surface area contributed by atoms with Gasteiger partial charge in [-0.25, -0.2) is 0 Å². The third kappa shape index (κ3) is 0.838. The zero-order chi connectivity index (χ0) is 8.93. The van der Waals surface area contributed by atoms with Gasteiger partial charge in [-0.2, -0.15) is 0 Å². The minimum absolute atomic E-state index is 0.0503. The van der Waals surface area contributed by atoms with E-state index >= 15 is 0 Å². The third-order valence-corrected chi connectivity index (χ3v) is 4.06. The highest BCUT2D eigenvalue weighted by Crippen LogP contribution is 2.59. The summed E-state index contributed by atoms with van der Waals surface area (Å²) in [6.45, 7) is 4.24. The number of hydrogen-bond donors (Lipinski definition) is 1. The molecular weight excluding hydrogens is 152 g/mol. The van der Waals surface area contributed by atoms with E-state index in [2.05, 4.69) is 13.8 Å². The SMILES string of the molecule is CC1(C)[C@H]2CC[C@H](C2)[C@H]1C(=O)O. The molecule has 1 N–H and O–H groups in total. The first-order valence-electron chi connectivity index (χ1n) is 4.76. The normalized spacial score (nSPS) is 43.3. The van der Waals surface area contributed by atoms with Crippen LogP contribution in [-0.4, -0.2) is 11.1 Å². The molecule has 0 aliphatic heterocycles. The molecule has 2 nitrogen and oxygen atoms in total. The predicted molar refractivity (Wildman–Crippen MR) is 45.7 cm³/mol. The van der Waals surface area contributed by atoms with Crippen molar-refractivity contribution in [3.8, 4) is 0 Å². The smallest absolute Gasteiger partial charge is 0.307 e. The van der Waals surface area contributed by atoms with Gasteiger partial charge in [0, 0.05) is 0 Å². The fourth-order valence-corrected chi connectivity index (χ4v) is 3.38. The zero-order valence-electron chi connectivity index (χ0n) is 7.71. The molecule has 0 aromatic carbocycles. The molecule has 0 radical (unpaired) electrons. The monoisotopic (exact) mass is 168 g/mol. The zero-order valence-corrected chi connectivity index (χ0v) is 7.71. The topological polar surface area (TPSA) is 37.3 Å². The van der Waals surface area contributed by atoms with Crippen LogP contribution in [0.4, 0.5) is 0 Å². The van der Waals surface area contributed by atoms with Crippen LogP contribution in [0.15, 0.2) is 0 Å². The first-order valence-corrected chi connectivity index (χ1v) is 4.76. The van der Waals surface area contributed by atoms with Crippen molar-refractivity contribution in [2.24, 2.45) is 23.2 Å². The maximum absolute atomic E-state index is 11.0. The van der Waals surface area contributed by atoms with E-state index in [0.717, 1.165) is 12.8 Å². The van der Waals surface area contributed by atoms with E-state index in [0.29, 0.717) is 11.8 Å². The first-order chi connectivity index (χ1) is 5.53. The Labute approximate surface area is 73.0 Å². The molecule has 2 rings (SSSR count). The fourth-order valence-electron chi connectivity index (χ4n) is 3.38. The van der Waals surface area contributed by atoms with Crippen molar-refractivity contribution in [2.45, 2.75) is 33.1 Å². The van der Waals surface area contributed by atoms with Gasteiger partial charge in [-0.1, -0.05) is 13.8 Å². The van der Waals surface area contributed by atoms with Gasteiger partial charge in [-0.3, -0.25) is 4.79 Å². The largest absolute Gasteiger partial charge is 0.481 e. The summed E-state index contributed by atoms with van der Waals surface area (Å²) in [5.74, 6) is 0.495. The number of carbonyl (C=O) groups is 1. The van der Waals surface area contributed by atoms with Gasteiger partial charge in [-0.15, -0.1) is 0 Å². The lowest BCUT2D eigenvalue weighted by atomic mass is 9.69. The lowest BCUT2D eigenvalue weighted by molar-refractivity contribution is -0.148.